The number of aliphatic hydroxyl groups excluding tert-OH is 1. The lowest BCUT2D eigenvalue weighted by Crippen LogP contribution is -1.94. The number of rotatable bonds is 6. The average Bonchev–Trinajstić information content (AvgIpc) is 2.49. The van der Waals surface area contributed by atoms with Crippen molar-refractivity contribution in [1.82, 2.24) is 14.8 Å². The zero-order valence-electron chi connectivity index (χ0n) is 8.73. The lowest BCUT2D eigenvalue weighted by atomic mass is 10.3. The lowest BCUT2D eigenvalue weighted by Gasteiger charge is -2.00. The maximum atomic E-state index is 8.60. The van der Waals surface area contributed by atoms with Crippen molar-refractivity contribution in [3.8, 4) is 0 Å². The first-order chi connectivity index (χ1) is 6.75. The minimum atomic E-state index is 0.299. The van der Waals surface area contributed by atoms with Gasteiger partial charge < -0.3 is 9.67 Å². The fourth-order valence-corrected chi connectivity index (χ4v) is 2.02. The lowest BCUT2D eigenvalue weighted by molar-refractivity contribution is 0.284. The van der Waals surface area contributed by atoms with Crippen LogP contribution in [0.1, 0.15) is 25.1 Å². The van der Waals surface area contributed by atoms with E-state index in [1.54, 1.807) is 11.8 Å². The molecule has 1 N–H and O–H groups in total. The molecule has 0 aliphatic carbocycles. The molecule has 0 spiro atoms. The molecule has 0 aliphatic rings. The van der Waals surface area contributed by atoms with E-state index in [1.807, 2.05) is 18.5 Å². The van der Waals surface area contributed by atoms with Gasteiger partial charge in [-0.3, -0.25) is 0 Å². The third kappa shape index (κ3) is 3.31. The highest BCUT2D eigenvalue weighted by molar-refractivity contribution is 7.99. The second kappa shape index (κ2) is 6.03. The summed E-state index contributed by atoms with van der Waals surface area (Å²) in [6.07, 6.45) is 3.11. The van der Waals surface area contributed by atoms with Crippen LogP contribution in [-0.2, 0) is 7.05 Å². The van der Waals surface area contributed by atoms with E-state index in [0.717, 1.165) is 36.0 Å². The first kappa shape index (κ1) is 11.5. The molecule has 0 radical (unpaired) electrons. The van der Waals surface area contributed by atoms with Gasteiger partial charge in [0.25, 0.3) is 0 Å². The van der Waals surface area contributed by atoms with Crippen LogP contribution in [0.5, 0.6) is 0 Å². The molecular formula is C9H17N3OS. The molecule has 0 saturated carbocycles. The Morgan fingerprint density at radius 2 is 2.07 bits per heavy atom. The number of thioether (sulfide) groups is 1. The van der Waals surface area contributed by atoms with Crippen molar-refractivity contribution in [1.29, 1.82) is 0 Å². The van der Waals surface area contributed by atoms with Crippen LogP contribution in [0.4, 0.5) is 0 Å². The molecule has 0 bridgehead atoms. The van der Waals surface area contributed by atoms with Crippen molar-refractivity contribution < 1.29 is 5.11 Å². The van der Waals surface area contributed by atoms with Gasteiger partial charge in [-0.2, -0.15) is 0 Å². The van der Waals surface area contributed by atoms with Crippen LogP contribution in [0.15, 0.2) is 5.16 Å². The van der Waals surface area contributed by atoms with Gasteiger partial charge in [-0.05, 0) is 19.8 Å². The van der Waals surface area contributed by atoms with Crippen molar-refractivity contribution in [3.63, 3.8) is 0 Å². The summed E-state index contributed by atoms with van der Waals surface area (Å²) in [6, 6.07) is 0. The predicted octanol–water partition coefficient (Wildman–Crippen LogP) is 1.38. The summed E-state index contributed by atoms with van der Waals surface area (Å²) in [5.74, 6) is 1.99. The Balaban J connectivity index is 2.21. The highest BCUT2D eigenvalue weighted by atomic mass is 32.2. The van der Waals surface area contributed by atoms with E-state index in [0.29, 0.717) is 6.61 Å². The number of nitrogens with zero attached hydrogens (tertiary/aromatic N) is 3. The molecule has 80 valence electrons. The molecule has 0 saturated heterocycles. The Kier molecular flexibility index (Phi) is 4.97. The van der Waals surface area contributed by atoms with Crippen LogP contribution in [0, 0.1) is 6.92 Å². The van der Waals surface area contributed by atoms with Gasteiger partial charge in [-0.15, -0.1) is 10.2 Å². The fourth-order valence-electron chi connectivity index (χ4n) is 1.07. The zero-order chi connectivity index (χ0) is 10.4. The topological polar surface area (TPSA) is 50.9 Å². The maximum Gasteiger partial charge on any atom is 0.190 e. The van der Waals surface area contributed by atoms with Crippen LogP contribution >= 0.6 is 11.8 Å². The van der Waals surface area contributed by atoms with Crippen LogP contribution in [0.25, 0.3) is 0 Å². The third-order valence-corrected chi connectivity index (χ3v) is 3.19. The van der Waals surface area contributed by atoms with Crippen molar-refractivity contribution in [2.75, 3.05) is 12.4 Å². The van der Waals surface area contributed by atoms with Crippen molar-refractivity contribution in [2.24, 2.45) is 7.05 Å². The van der Waals surface area contributed by atoms with Gasteiger partial charge >= 0.3 is 0 Å². The third-order valence-electron chi connectivity index (χ3n) is 2.09. The number of hydrogen-bond acceptors (Lipinski definition) is 4. The van der Waals surface area contributed by atoms with E-state index in [2.05, 4.69) is 10.2 Å². The molecule has 4 nitrogen and oxygen atoms in total. The number of hydrogen-bond donors (Lipinski definition) is 1. The smallest absolute Gasteiger partial charge is 0.190 e. The highest BCUT2D eigenvalue weighted by Crippen LogP contribution is 2.16. The molecule has 1 rings (SSSR count). The van der Waals surface area contributed by atoms with Crippen molar-refractivity contribution in [2.45, 2.75) is 31.3 Å². The molecule has 1 aromatic rings. The molecular weight excluding hydrogens is 198 g/mol. The molecule has 0 fully saturated rings. The summed E-state index contributed by atoms with van der Waals surface area (Å²) in [5.41, 5.74) is 0. The Hall–Kier alpha value is -0.550. The number of aliphatic hydroxyl groups is 1. The van der Waals surface area contributed by atoms with E-state index in [4.69, 9.17) is 5.11 Å². The van der Waals surface area contributed by atoms with Gasteiger partial charge in [0.15, 0.2) is 5.16 Å². The van der Waals surface area contributed by atoms with E-state index in [-0.39, 0.29) is 0 Å². The quantitative estimate of drug-likeness (QED) is 0.575. The minimum absolute atomic E-state index is 0.299. The van der Waals surface area contributed by atoms with Gasteiger partial charge in [0.1, 0.15) is 5.82 Å². The number of unbranched alkanes of at least 4 members (excludes halogenated alkanes) is 2. The average molecular weight is 215 g/mol. The summed E-state index contributed by atoms with van der Waals surface area (Å²) in [6.45, 7) is 2.25. The standard InChI is InChI=1S/C9H17N3OS/c1-8-10-11-9(12(8)2)14-7-5-3-4-6-13/h13H,3-7H2,1-2H3. The molecule has 1 heterocycles. The first-order valence-corrected chi connectivity index (χ1v) is 5.84. The first-order valence-electron chi connectivity index (χ1n) is 4.85. The van der Waals surface area contributed by atoms with Gasteiger partial charge in [-0.25, -0.2) is 0 Å². The minimum Gasteiger partial charge on any atom is -0.396 e. The SMILES string of the molecule is Cc1nnc(SCCCCCO)n1C. The zero-order valence-corrected chi connectivity index (χ0v) is 9.55. The Bertz CT molecular complexity index is 275. The van der Waals surface area contributed by atoms with Gasteiger partial charge in [0, 0.05) is 19.4 Å². The number of aryl methyl sites for hydroxylation is 1. The highest BCUT2D eigenvalue weighted by Gasteiger charge is 2.04. The summed E-state index contributed by atoms with van der Waals surface area (Å²) in [7, 11) is 1.98. The Morgan fingerprint density at radius 1 is 1.29 bits per heavy atom. The molecule has 0 aliphatic heterocycles. The fraction of sp³-hybridized carbons (Fsp3) is 0.778. The maximum absolute atomic E-state index is 8.60. The van der Waals surface area contributed by atoms with E-state index in [1.165, 1.54) is 0 Å². The molecule has 5 heteroatoms. The molecule has 0 atom stereocenters. The normalized spacial score (nSPS) is 10.8. The Morgan fingerprint density at radius 3 is 2.64 bits per heavy atom. The Labute approximate surface area is 88.7 Å². The van der Waals surface area contributed by atoms with Crippen LogP contribution in [0.2, 0.25) is 0 Å². The summed E-state index contributed by atoms with van der Waals surface area (Å²) >= 11 is 1.73. The second-order valence-electron chi connectivity index (χ2n) is 3.22. The van der Waals surface area contributed by atoms with Gasteiger partial charge in [-0.1, -0.05) is 18.2 Å². The molecule has 0 aromatic carbocycles. The second-order valence-corrected chi connectivity index (χ2v) is 4.28. The van der Waals surface area contributed by atoms with Crippen LogP contribution in [-0.4, -0.2) is 32.2 Å². The van der Waals surface area contributed by atoms with E-state index < -0.39 is 0 Å². The van der Waals surface area contributed by atoms with E-state index >= 15 is 0 Å². The van der Waals surface area contributed by atoms with Gasteiger partial charge in [0.05, 0.1) is 0 Å². The van der Waals surface area contributed by atoms with E-state index in [9.17, 15) is 0 Å². The molecule has 0 unspecified atom stereocenters. The molecule has 14 heavy (non-hydrogen) atoms. The summed E-state index contributed by atoms with van der Waals surface area (Å²) < 4.78 is 2.00. The molecule has 0 amide bonds. The summed E-state index contributed by atoms with van der Waals surface area (Å²) in [5, 5.41) is 17.6. The monoisotopic (exact) mass is 215 g/mol. The summed E-state index contributed by atoms with van der Waals surface area (Å²) in [4.78, 5) is 0. The largest absolute Gasteiger partial charge is 0.396 e. The predicted molar refractivity (Wildman–Crippen MR) is 57.4 cm³/mol. The van der Waals surface area contributed by atoms with Crippen molar-refractivity contribution >= 4 is 11.8 Å². The van der Waals surface area contributed by atoms with Crippen LogP contribution in [0.3, 0.4) is 0 Å². The van der Waals surface area contributed by atoms with Gasteiger partial charge in [0.2, 0.25) is 0 Å². The van der Waals surface area contributed by atoms with Crippen molar-refractivity contribution in [3.05, 3.63) is 5.82 Å². The van der Waals surface area contributed by atoms with Crippen LogP contribution < -0.4 is 0 Å². The molecule has 1 aromatic heterocycles. The number of aromatic nitrogens is 3.